The van der Waals surface area contributed by atoms with Crippen molar-refractivity contribution < 1.29 is 18.7 Å². The fourth-order valence-electron chi connectivity index (χ4n) is 2.05. The van der Waals surface area contributed by atoms with Gasteiger partial charge in [0.2, 0.25) is 0 Å². The number of carbonyl (C=O) groups is 1. The Labute approximate surface area is 124 Å². The van der Waals surface area contributed by atoms with Crippen LogP contribution < -0.4 is 5.32 Å². The van der Waals surface area contributed by atoms with Gasteiger partial charge in [-0.2, -0.15) is 11.3 Å². The molecular weight excluding hydrogens is 290 g/mol. The average molecular weight is 303 g/mol. The highest BCUT2D eigenvalue weighted by Gasteiger charge is 2.35. The standard InChI is InChI=1S/C15H13NO4S/c17-14(12-3-1-6-19-12)16-10-15(18,11-5-8-21-9-11)13-4-2-7-20-13/h1-9,18H,10H2,(H,16,17)/t15-/m0/s1. The molecule has 5 nitrogen and oxygen atoms in total. The highest BCUT2D eigenvalue weighted by Crippen LogP contribution is 2.31. The SMILES string of the molecule is O=C(NC[C@](O)(c1ccsc1)c1ccco1)c1ccco1. The van der Waals surface area contributed by atoms with E-state index < -0.39 is 5.60 Å². The molecule has 0 aliphatic heterocycles. The summed E-state index contributed by atoms with van der Waals surface area (Å²) >= 11 is 1.46. The minimum absolute atomic E-state index is 0.0171. The van der Waals surface area contributed by atoms with Crippen molar-refractivity contribution in [3.05, 3.63) is 70.7 Å². The van der Waals surface area contributed by atoms with E-state index in [1.165, 1.54) is 23.9 Å². The first kappa shape index (κ1) is 13.7. The van der Waals surface area contributed by atoms with Crippen LogP contribution in [0, 0.1) is 0 Å². The fraction of sp³-hybridized carbons (Fsp3) is 0.133. The molecule has 2 N–H and O–H groups in total. The summed E-state index contributed by atoms with van der Waals surface area (Å²) < 4.78 is 10.4. The predicted molar refractivity (Wildman–Crippen MR) is 77.1 cm³/mol. The summed E-state index contributed by atoms with van der Waals surface area (Å²) in [6, 6.07) is 8.36. The lowest BCUT2D eigenvalue weighted by Crippen LogP contribution is -2.41. The quantitative estimate of drug-likeness (QED) is 0.759. The molecule has 3 rings (SSSR count). The van der Waals surface area contributed by atoms with Crippen LogP contribution in [0.4, 0.5) is 0 Å². The molecule has 0 unspecified atom stereocenters. The fourth-order valence-corrected chi connectivity index (χ4v) is 2.77. The Bertz CT molecular complexity index is 652. The molecule has 3 aromatic heterocycles. The lowest BCUT2D eigenvalue weighted by molar-refractivity contribution is 0.0521. The van der Waals surface area contributed by atoms with Crippen molar-refractivity contribution in [2.75, 3.05) is 6.54 Å². The van der Waals surface area contributed by atoms with Crippen LogP contribution in [0.5, 0.6) is 0 Å². The maximum Gasteiger partial charge on any atom is 0.287 e. The van der Waals surface area contributed by atoms with Gasteiger partial charge >= 0.3 is 0 Å². The predicted octanol–water partition coefficient (Wildman–Crippen LogP) is 2.60. The lowest BCUT2D eigenvalue weighted by atomic mass is 9.93. The van der Waals surface area contributed by atoms with Gasteiger partial charge in [-0.25, -0.2) is 0 Å². The minimum atomic E-state index is -1.41. The molecule has 0 aromatic carbocycles. The second-order valence-electron chi connectivity index (χ2n) is 4.51. The van der Waals surface area contributed by atoms with E-state index in [0.717, 1.165) is 0 Å². The molecular formula is C15H13NO4S. The number of furan rings is 2. The largest absolute Gasteiger partial charge is 0.466 e. The summed E-state index contributed by atoms with van der Waals surface area (Å²) in [5.41, 5.74) is -0.742. The van der Waals surface area contributed by atoms with Crippen molar-refractivity contribution in [1.29, 1.82) is 0 Å². The maximum atomic E-state index is 11.9. The zero-order valence-corrected chi connectivity index (χ0v) is 11.8. The Kier molecular flexibility index (Phi) is 3.64. The Morgan fingerprint density at radius 3 is 2.67 bits per heavy atom. The third-order valence-electron chi connectivity index (χ3n) is 3.18. The summed E-state index contributed by atoms with van der Waals surface area (Å²) in [5, 5.41) is 17.3. The molecule has 0 radical (unpaired) electrons. The van der Waals surface area contributed by atoms with Crippen molar-refractivity contribution in [1.82, 2.24) is 5.32 Å². The Morgan fingerprint density at radius 2 is 2.05 bits per heavy atom. The summed E-state index contributed by atoms with van der Waals surface area (Å²) in [4.78, 5) is 11.9. The topological polar surface area (TPSA) is 75.6 Å². The van der Waals surface area contributed by atoms with Gasteiger partial charge in [0.25, 0.3) is 5.91 Å². The highest BCUT2D eigenvalue weighted by molar-refractivity contribution is 7.08. The summed E-state index contributed by atoms with van der Waals surface area (Å²) in [6.45, 7) is -0.0171. The molecule has 0 saturated carbocycles. The van der Waals surface area contributed by atoms with E-state index in [4.69, 9.17) is 8.83 Å². The summed E-state index contributed by atoms with van der Waals surface area (Å²) in [5.74, 6) is 0.183. The van der Waals surface area contributed by atoms with Crippen molar-refractivity contribution in [2.45, 2.75) is 5.60 Å². The molecule has 108 valence electrons. The van der Waals surface area contributed by atoms with Crippen LogP contribution in [0.3, 0.4) is 0 Å². The van der Waals surface area contributed by atoms with Crippen molar-refractivity contribution in [3.8, 4) is 0 Å². The number of aliphatic hydroxyl groups is 1. The van der Waals surface area contributed by atoms with E-state index >= 15 is 0 Å². The van der Waals surface area contributed by atoms with Crippen molar-refractivity contribution in [2.24, 2.45) is 0 Å². The molecule has 3 heterocycles. The van der Waals surface area contributed by atoms with Crippen LogP contribution in [0.2, 0.25) is 0 Å². The molecule has 6 heteroatoms. The van der Waals surface area contributed by atoms with Gasteiger partial charge in [-0.15, -0.1) is 0 Å². The van der Waals surface area contributed by atoms with Gasteiger partial charge in [0, 0.05) is 5.56 Å². The van der Waals surface area contributed by atoms with Crippen LogP contribution in [-0.2, 0) is 5.60 Å². The summed E-state index contributed by atoms with van der Waals surface area (Å²) in [7, 11) is 0. The van der Waals surface area contributed by atoms with E-state index in [2.05, 4.69) is 5.32 Å². The number of carbonyl (C=O) groups excluding carboxylic acids is 1. The number of hydrogen-bond donors (Lipinski definition) is 2. The molecule has 3 aromatic rings. The van der Waals surface area contributed by atoms with Crippen LogP contribution in [0.15, 0.2) is 62.5 Å². The average Bonchev–Trinajstić information content (AvgIpc) is 3.27. The van der Waals surface area contributed by atoms with Crippen LogP contribution in [-0.4, -0.2) is 17.6 Å². The Hall–Kier alpha value is -2.31. The van der Waals surface area contributed by atoms with Crippen LogP contribution in [0.1, 0.15) is 21.9 Å². The van der Waals surface area contributed by atoms with Gasteiger partial charge in [0.15, 0.2) is 11.4 Å². The highest BCUT2D eigenvalue weighted by atomic mass is 32.1. The number of hydrogen-bond acceptors (Lipinski definition) is 5. The van der Waals surface area contributed by atoms with E-state index in [9.17, 15) is 9.90 Å². The van der Waals surface area contributed by atoms with Crippen LogP contribution >= 0.6 is 11.3 Å². The lowest BCUT2D eigenvalue weighted by Gasteiger charge is -2.25. The molecule has 0 fully saturated rings. The van der Waals surface area contributed by atoms with Gasteiger partial charge < -0.3 is 19.3 Å². The number of rotatable bonds is 5. The number of nitrogens with one attached hydrogen (secondary N) is 1. The molecule has 0 bridgehead atoms. The Balaban J connectivity index is 1.83. The van der Waals surface area contributed by atoms with E-state index in [1.54, 1.807) is 30.3 Å². The van der Waals surface area contributed by atoms with E-state index in [0.29, 0.717) is 11.3 Å². The van der Waals surface area contributed by atoms with Crippen molar-refractivity contribution in [3.63, 3.8) is 0 Å². The molecule has 0 aliphatic carbocycles. The number of thiophene rings is 1. The third kappa shape index (κ3) is 2.63. The van der Waals surface area contributed by atoms with Gasteiger partial charge in [0.05, 0.1) is 19.1 Å². The number of amides is 1. The van der Waals surface area contributed by atoms with Gasteiger partial charge in [0.1, 0.15) is 5.76 Å². The minimum Gasteiger partial charge on any atom is -0.466 e. The third-order valence-corrected chi connectivity index (χ3v) is 3.86. The van der Waals surface area contributed by atoms with Gasteiger partial charge in [-0.3, -0.25) is 4.79 Å². The normalized spacial score (nSPS) is 13.8. The zero-order valence-electron chi connectivity index (χ0n) is 11.0. The van der Waals surface area contributed by atoms with E-state index in [-0.39, 0.29) is 18.2 Å². The van der Waals surface area contributed by atoms with Crippen LogP contribution in [0.25, 0.3) is 0 Å². The molecule has 1 amide bonds. The molecule has 21 heavy (non-hydrogen) atoms. The second kappa shape index (κ2) is 5.59. The molecule has 1 atom stereocenters. The maximum absolute atomic E-state index is 11.9. The zero-order chi connectivity index (χ0) is 14.7. The van der Waals surface area contributed by atoms with Gasteiger partial charge in [-0.05, 0) is 41.1 Å². The first-order valence-corrected chi connectivity index (χ1v) is 7.25. The monoisotopic (exact) mass is 303 g/mol. The van der Waals surface area contributed by atoms with Crippen molar-refractivity contribution >= 4 is 17.2 Å². The van der Waals surface area contributed by atoms with Gasteiger partial charge in [-0.1, -0.05) is 0 Å². The molecule has 0 saturated heterocycles. The first-order valence-electron chi connectivity index (χ1n) is 6.31. The first-order chi connectivity index (χ1) is 10.2. The molecule has 0 aliphatic rings. The molecule has 0 spiro atoms. The smallest absolute Gasteiger partial charge is 0.287 e. The Morgan fingerprint density at radius 1 is 1.24 bits per heavy atom. The summed E-state index contributed by atoms with van der Waals surface area (Å²) in [6.07, 6.45) is 2.91. The van der Waals surface area contributed by atoms with E-state index in [1.807, 2.05) is 10.8 Å². The second-order valence-corrected chi connectivity index (χ2v) is 5.29.